The van der Waals surface area contributed by atoms with E-state index in [-0.39, 0.29) is 0 Å². The van der Waals surface area contributed by atoms with Crippen molar-refractivity contribution >= 4 is 44.0 Å². The molecule has 0 saturated heterocycles. The summed E-state index contributed by atoms with van der Waals surface area (Å²) >= 11 is 1.62. The van der Waals surface area contributed by atoms with Gasteiger partial charge in [0.05, 0.1) is 28.6 Å². The number of hydrogen-bond donors (Lipinski definition) is 2. The summed E-state index contributed by atoms with van der Waals surface area (Å²) in [4.78, 5) is 13.9. The topological polar surface area (TPSA) is 77.4 Å². The summed E-state index contributed by atoms with van der Waals surface area (Å²) in [5.74, 6) is 0. The molecule has 0 aliphatic carbocycles. The Balaban J connectivity index is 1.65. The molecule has 0 aliphatic heterocycles. The minimum absolute atomic E-state index is 0.516. The first-order valence-electron chi connectivity index (χ1n) is 8.40. The number of aromatic nitrogens is 3. The third-order valence-corrected chi connectivity index (χ3v) is 5.52. The zero-order valence-corrected chi connectivity index (χ0v) is 14.9. The van der Waals surface area contributed by atoms with Gasteiger partial charge >= 0.3 is 0 Å². The van der Waals surface area contributed by atoms with E-state index in [0.29, 0.717) is 5.56 Å². The molecule has 5 aromatic rings. The summed E-state index contributed by atoms with van der Waals surface area (Å²) in [5.41, 5.74) is 5.16. The van der Waals surface area contributed by atoms with Crippen molar-refractivity contribution in [2.75, 3.05) is 5.32 Å². The van der Waals surface area contributed by atoms with E-state index in [1.807, 2.05) is 36.4 Å². The lowest BCUT2D eigenvalue weighted by molar-refractivity contribution is 1.34. The lowest BCUT2D eigenvalue weighted by Gasteiger charge is -2.09. The Kier molecular flexibility index (Phi) is 3.59. The lowest BCUT2D eigenvalue weighted by Crippen LogP contribution is -1.95. The van der Waals surface area contributed by atoms with Crippen LogP contribution < -0.4 is 5.32 Å². The standard InChI is InChI=1S/C21H13N5S/c22-10-14-11-23-21-16(9-19(27-21)13-4-2-1-3-5-13)20(14)26-15-6-7-17-18(8-15)25-12-24-17/h1-9,11-12H,(H,23,26)(H,24,25). The molecule has 5 rings (SSSR count). The summed E-state index contributed by atoms with van der Waals surface area (Å²) in [5, 5.41) is 13.9. The molecule has 6 heteroatoms. The molecule has 27 heavy (non-hydrogen) atoms. The van der Waals surface area contributed by atoms with Gasteiger partial charge in [-0.1, -0.05) is 30.3 Å². The van der Waals surface area contributed by atoms with Gasteiger partial charge in [0.15, 0.2) is 0 Å². The van der Waals surface area contributed by atoms with Gasteiger partial charge in [-0.2, -0.15) is 5.26 Å². The van der Waals surface area contributed by atoms with Crippen molar-refractivity contribution in [3.05, 3.63) is 72.7 Å². The van der Waals surface area contributed by atoms with Gasteiger partial charge in [-0.25, -0.2) is 9.97 Å². The van der Waals surface area contributed by atoms with Crippen molar-refractivity contribution in [3.8, 4) is 16.5 Å². The van der Waals surface area contributed by atoms with Crippen molar-refractivity contribution < 1.29 is 0 Å². The number of nitrogens with one attached hydrogen (secondary N) is 2. The van der Waals surface area contributed by atoms with E-state index in [0.717, 1.165) is 43.1 Å². The van der Waals surface area contributed by atoms with Crippen LogP contribution in [0, 0.1) is 11.3 Å². The predicted molar refractivity (Wildman–Crippen MR) is 109 cm³/mol. The van der Waals surface area contributed by atoms with Crippen molar-refractivity contribution in [1.29, 1.82) is 5.26 Å². The van der Waals surface area contributed by atoms with Gasteiger partial charge in [-0.05, 0) is 29.8 Å². The summed E-state index contributed by atoms with van der Waals surface area (Å²) < 4.78 is 0. The van der Waals surface area contributed by atoms with Gasteiger partial charge in [0.25, 0.3) is 0 Å². The second-order valence-corrected chi connectivity index (χ2v) is 7.14. The van der Waals surface area contributed by atoms with E-state index in [1.165, 1.54) is 0 Å². The smallest absolute Gasteiger partial charge is 0.126 e. The largest absolute Gasteiger partial charge is 0.354 e. The number of anilines is 2. The number of rotatable bonds is 3. The van der Waals surface area contributed by atoms with Crippen LogP contribution in [0.1, 0.15) is 5.56 Å². The van der Waals surface area contributed by atoms with Gasteiger partial charge in [0, 0.05) is 22.1 Å². The fourth-order valence-corrected chi connectivity index (χ4v) is 4.12. The van der Waals surface area contributed by atoms with E-state index in [9.17, 15) is 5.26 Å². The van der Waals surface area contributed by atoms with Crippen molar-refractivity contribution in [1.82, 2.24) is 15.0 Å². The summed E-state index contributed by atoms with van der Waals surface area (Å²) in [6.07, 6.45) is 3.30. The van der Waals surface area contributed by atoms with E-state index in [1.54, 1.807) is 23.9 Å². The molecule has 0 amide bonds. The van der Waals surface area contributed by atoms with Crippen molar-refractivity contribution in [3.63, 3.8) is 0 Å². The normalized spacial score (nSPS) is 10.9. The molecule has 5 nitrogen and oxygen atoms in total. The Morgan fingerprint density at radius 3 is 2.78 bits per heavy atom. The Bertz CT molecular complexity index is 1310. The van der Waals surface area contributed by atoms with Gasteiger partial charge in [0.2, 0.25) is 0 Å². The molecule has 0 radical (unpaired) electrons. The molecule has 0 bridgehead atoms. The summed E-state index contributed by atoms with van der Waals surface area (Å²) in [7, 11) is 0. The van der Waals surface area contributed by atoms with Gasteiger partial charge in [0.1, 0.15) is 10.9 Å². The van der Waals surface area contributed by atoms with Crippen LogP contribution in [0.3, 0.4) is 0 Å². The maximum absolute atomic E-state index is 9.57. The van der Waals surface area contributed by atoms with Gasteiger partial charge in [-0.3, -0.25) is 0 Å². The Morgan fingerprint density at radius 1 is 1.04 bits per heavy atom. The van der Waals surface area contributed by atoms with Gasteiger partial charge < -0.3 is 10.3 Å². The molecule has 0 fully saturated rings. The first kappa shape index (κ1) is 15.6. The molecule has 3 aromatic heterocycles. The SMILES string of the molecule is N#Cc1cnc2sc(-c3ccccc3)cc2c1Nc1ccc2[nH]cnc2c1. The average molecular weight is 367 g/mol. The van der Waals surface area contributed by atoms with Crippen LogP contribution in [-0.2, 0) is 0 Å². The van der Waals surface area contributed by atoms with E-state index in [4.69, 9.17) is 0 Å². The highest BCUT2D eigenvalue weighted by molar-refractivity contribution is 7.21. The monoisotopic (exact) mass is 367 g/mol. The number of nitriles is 1. The molecule has 0 spiro atoms. The Morgan fingerprint density at radius 2 is 1.93 bits per heavy atom. The summed E-state index contributed by atoms with van der Waals surface area (Å²) in [6.45, 7) is 0. The molecule has 128 valence electrons. The molecule has 3 heterocycles. The zero-order valence-electron chi connectivity index (χ0n) is 14.1. The molecule has 0 saturated carbocycles. The highest BCUT2D eigenvalue weighted by Gasteiger charge is 2.14. The third kappa shape index (κ3) is 2.71. The number of pyridine rings is 1. The predicted octanol–water partition coefficient (Wildman–Crippen LogP) is 5.45. The van der Waals surface area contributed by atoms with Crippen LogP contribution >= 0.6 is 11.3 Å². The second-order valence-electron chi connectivity index (χ2n) is 6.11. The molecular formula is C21H13N5S. The first-order valence-corrected chi connectivity index (χ1v) is 9.22. The molecule has 2 aromatic carbocycles. The number of thiophene rings is 1. The number of nitrogens with zero attached hydrogens (tertiary/aromatic N) is 3. The third-order valence-electron chi connectivity index (χ3n) is 4.43. The highest BCUT2D eigenvalue weighted by Crippen LogP contribution is 2.38. The quantitative estimate of drug-likeness (QED) is 0.444. The van der Waals surface area contributed by atoms with Crippen molar-refractivity contribution in [2.45, 2.75) is 0 Å². The first-order chi connectivity index (χ1) is 13.3. The fourth-order valence-electron chi connectivity index (χ4n) is 3.11. The number of fused-ring (bicyclic) bond motifs is 2. The second kappa shape index (κ2) is 6.24. The van der Waals surface area contributed by atoms with E-state index in [2.05, 4.69) is 44.5 Å². The van der Waals surface area contributed by atoms with Crippen LogP contribution in [-0.4, -0.2) is 15.0 Å². The number of imidazole rings is 1. The number of H-pyrrole nitrogens is 1. The molecule has 2 N–H and O–H groups in total. The van der Waals surface area contributed by atoms with E-state index >= 15 is 0 Å². The Hall–Kier alpha value is -3.69. The minimum atomic E-state index is 0.516. The number of hydrogen-bond acceptors (Lipinski definition) is 5. The zero-order chi connectivity index (χ0) is 18.2. The molecule has 0 unspecified atom stereocenters. The number of aromatic amines is 1. The Labute approximate surface area is 159 Å². The molecule has 0 aliphatic rings. The average Bonchev–Trinajstić information content (AvgIpc) is 3.35. The lowest BCUT2D eigenvalue weighted by atomic mass is 10.1. The van der Waals surface area contributed by atoms with Crippen LogP contribution in [0.5, 0.6) is 0 Å². The molecule has 0 atom stereocenters. The van der Waals surface area contributed by atoms with Crippen molar-refractivity contribution in [2.24, 2.45) is 0 Å². The van der Waals surface area contributed by atoms with E-state index < -0.39 is 0 Å². The molecular weight excluding hydrogens is 354 g/mol. The van der Waals surface area contributed by atoms with Crippen LogP contribution in [0.25, 0.3) is 31.7 Å². The maximum Gasteiger partial charge on any atom is 0.126 e. The van der Waals surface area contributed by atoms with Crippen LogP contribution in [0.2, 0.25) is 0 Å². The van der Waals surface area contributed by atoms with Crippen LogP contribution in [0.15, 0.2) is 67.1 Å². The number of benzene rings is 2. The summed E-state index contributed by atoms with van der Waals surface area (Å²) in [6, 6.07) is 20.4. The van der Waals surface area contributed by atoms with Gasteiger partial charge in [-0.15, -0.1) is 11.3 Å². The van der Waals surface area contributed by atoms with Crippen LogP contribution in [0.4, 0.5) is 11.4 Å². The minimum Gasteiger partial charge on any atom is -0.354 e. The fraction of sp³-hybridized carbons (Fsp3) is 0. The highest BCUT2D eigenvalue weighted by atomic mass is 32.1. The maximum atomic E-state index is 9.57.